The van der Waals surface area contributed by atoms with Crippen molar-refractivity contribution in [3.63, 3.8) is 0 Å². The molecule has 0 aliphatic carbocycles. The van der Waals surface area contributed by atoms with Crippen molar-refractivity contribution in [1.82, 2.24) is 15.2 Å². The Labute approximate surface area is 121 Å². The molecule has 0 aliphatic rings. The molecule has 1 unspecified atom stereocenters. The van der Waals surface area contributed by atoms with Crippen molar-refractivity contribution in [2.75, 3.05) is 7.05 Å². The predicted octanol–water partition coefficient (Wildman–Crippen LogP) is 1.46. The largest absolute Gasteiger partial charge is 0.358 e. The molecule has 5 heteroatoms. The average Bonchev–Trinajstić information content (AvgIpc) is 2.69. The minimum Gasteiger partial charge on any atom is -0.358 e. The van der Waals surface area contributed by atoms with E-state index in [1.165, 1.54) is 0 Å². The quantitative estimate of drug-likeness (QED) is 0.826. The molecular formula is C15H24N4O. The molecule has 0 aromatic carbocycles. The van der Waals surface area contributed by atoms with Crippen molar-refractivity contribution in [2.24, 2.45) is 13.0 Å². The molecule has 0 radical (unpaired) electrons. The van der Waals surface area contributed by atoms with Crippen molar-refractivity contribution in [1.29, 1.82) is 5.26 Å². The third-order valence-electron chi connectivity index (χ3n) is 3.56. The summed E-state index contributed by atoms with van der Waals surface area (Å²) in [4.78, 5) is 11.9. The lowest BCUT2D eigenvalue weighted by Crippen LogP contribution is -2.43. The second-order valence-corrected chi connectivity index (χ2v) is 5.49. The summed E-state index contributed by atoms with van der Waals surface area (Å²) >= 11 is 0. The van der Waals surface area contributed by atoms with Crippen molar-refractivity contribution < 1.29 is 4.79 Å². The Morgan fingerprint density at radius 1 is 1.50 bits per heavy atom. The molecule has 0 saturated carbocycles. The van der Waals surface area contributed by atoms with Gasteiger partial charge in [0, 0.05) is 26.3 Å². The fourth-order valence-electron chi connectivity index (χ4n) is 2.21. The predicted molar refractivity (Wildman–Crippen MR) is 79.0 cm³/mol. The third-order valence-corrected chi connectivity index (χ3v) is 3.56. The van der Waals surface area contributed by atoms with Crippen LogP contribution in [0.25, 0.3) is 0 Å². The van der Waals surface area contributed by atoms with Crippen LogP contribution in [0.1, 0.15) is 37.2 Å². The Bertz CT molecular complexity index is 511. The smallest absolute Gasteiger partial charge is 0.236 e. The molecule has 5 nitrogen and oxygen atoms in total. The summed E-state index contributed by atoms with van der Waals surface area (Å²) in [6, 6.07) is 3.84. The average molecular weight is 276 g/mol. The first-order valence-electron chi connectivity index (χ1n) is 6.91. The number of likely N-dealkylation sites (N-methyl/N-ethyl adjacent to an activating group) is 1. The Hall–Kier alpha value is -1.80. The van der Waals surface area contributed by atoms with Crippen molar-refractivity contribution >= 4 is 5.91 Å². The van der Waals surface area contributed by atoms with Gasteiger partial charge in [-0.3, -0.25) is 4.79 Å². The van der Waals surface area contributed by atoms with Crippen LogP contribution in [-0.2, 0) is 18.4 Å². The topological polar surface area (TPSA) is 69.8 Å². The molecule has 2 N–H and O–H groups in total. The molecule has 0 fully saturated rings. The number of nitriles is 1. The normalized spacial score (nSPS) is 12.2. The lowest BCUT2D eigenvalue weighted by molar-refractivity contribution is -0.123. The molecule has 1 atom stereocenters. The fourth-order valence-corrected chi connectivity index (χ4v) is 2.21. The van der Waals surface area contributed by atoms with Gasteiger partial charge in [0.2, 0.25) is 5.91 Å². The maximum absolute atomic E-state index is 11.9. The number of hydrogen-bond donors (Lipinski definition) is 2. The number of rotatable bonds is 6. The van der Waals surface area contributed by atoms with Gasteiger partial charge in [0.05, 0.1) is 6.04 Å². The first-order valence-corrected chi connectivity index (χ1v) is 6.91. The maximum Gasteiger partial charge on any atom is 0.236 e. The van der Waals surface area contributed by atoms with Crippen LogP contribution < -0.4 is 10.6 Å². The molecule has 0 aliphatic heterocycles. The first-order chi connectivity index (χ1) is 9.40. The molecule has 1 aromatic heterocycles. The number of aromatic nitrogens is 1. The number of hydrogen-bond acceptors (Lipinski definition) is 3. The molecule has 110 valence electrons. The van der Waals surface area contributed by atoms with E-state index in [9.17, 15) is 4.79 Å². The van der Waals surface area contributed by atoms with Crippen LogP contribution in [0.4, 0.5) is 0 Å². The van der Waals surface area contributed by atoms with Gasteiger partial charge in [-0.25, -0.2) is 0 Å². The molecule has 0 saturated heterocycles. The minimum absolute atomic E-state index is 0.00721. The molecule has 20 heavy (non-hydrogen) atoms. The molecule has 1 rings (SSSR count). The van der Waals surface area contributed by atoms with Gasteiger partial charge in [-0.2, -0.15) is 5.26 Å². The zero-order chi connectivity index (χ0) is 15.3. The second-order valence-electron chi connectivity index (χ2n) is 5.49. The Balaban J connectivity index is 2.77. The van der Waals surface area contributed by atoms with Gasteiger partial charge in [0.15, 0.2) is 0 Å². The lowest BCUT2D eigenvalue weighted by Gasteiger charge is -2.19. The number of nitrogens with zero attached hydrogens (tertiary/aromatic N) is 2. The zero-order valence-electron chi connectivity index (χ0n) is 12.9. The summed E-state index contributed by atoms with van der Waals surface area (Å²) in [5.74, 6) is 0.448. The molecule has 1 amide bonds. The fraction of sp³-hybridized carbons (Fsp3) is 0.600. The highest BCUT2D eigenvalue weighted by atomic mass is 16.2. The third kappa shape index (κ3) is 3.84. The standard InChI is InChI=1S/C15H24N4O/c1-10(2)6-14(15(20)17-4)18-9-12-7-13(8-16)19(5)11(12)3/h7,10,14,18H,6,9H2,1-5H3,(H,17,20). The van der Waals surface area contributed by atoms with Gasteiger partial charge in [-0.15, -0.1) is 0 Å². The van der Waals surface area contributed by atoms with E-state index in [0.29, 0.717) is 18.2 Å². The van der Waals surface area contributed by atoms with Crippen LogP contribution in [0.2, 0.25) is 0 Å². The maximum atomic E-state index is 11.9. The Morgan fingerprint density at radius 3 is 2.60 bits per heavy atom. The van der Waals surface area contributed by atoms with Gasteiger partial charge in [-0.1, -0.05) is 13.8 Å². The molecular weight excluding hydrogens is 252 g/mol. The summed E-state index contributed by atoms with van der Waals surface area (Å²) in [6.45, 7) is 6.76. The zero-order valence-corrected chi connectivity index (χ0v) is 12.9. The van der Waals surface area contributed by atoms with E-state index in [-0.39, 0.29) is 11.9 Å². The molecule has 0 bridgehead atoms. The van der Waals surface area contributed by atoms with E-state index in [0.717, 1.165) is 17.7 Å². The Morgan fingerprint density at radius 2 is 2.15 bits per heavy atom. The minimum atomic E-state index is -0.204. The summed E-state index contributed by atoms with van der Waals surface area (Å²) in [7, 11) is 3.53. The highest BCUT2D eigenvalue weighted by Crippen LogP contribution is 2.14. The van der Waals surface area contributed by atoms with Crippen LogP contribution in [0.3, 0.4) is 0 Å². The molecule has 0 spiro atoms. The van der Waals surface area contributed by atoms with Gasteiger partial charge < -0.3 is 15.2 Å². The van der Waals surface area contributed by atoms with E-state index in [2.05, 4.69) is 30.6 Å². The van der Waals surface area contributed by atoms with Gasteiger partial charge in [-0.05, 0) is 30.9 Å². The highest BCUT2D eigenvalue weighted by Gasteiger charge is 2.19. The molecule has 1 heterocycles. The van der Waals surface area contributed by atoms with Crippen molar-refractivity contribution in [3.05, 3.63) is 23.0 Å². The summed E-state index contributed by atoms with van der Waals surface area (Å²) in [5, 5.41) is 15.0. The van der Waals surface area contributed by atoms with Gasteiger partial charge in [0.25, 0.3) is 0 Å². The highest BCUT2D eigenvalue weighted by molar-refractivity contribution is 5.81. The van der Waals surface area contributed by atoms with Crippen molar-refractivity contribution in [2.45, 2.75) is 39.8 Å². The van der Waals surface area contributed by atoms with Crippen LogP contribution in [0, 0.1) is 24.2 Å². The summed E-state index contributed by atoms with van der Waals surface area (Å²) in [5.41, 5.74) is 2.75. The van der Waals surface area contributed by atoms with E-state index in [1.807, 2.05) is 24.6 Å². The summed E-state index contributed by atoms with van der Waals surface area (Å²) in [6.07, 6.45) is 0.788. The number of carbonyl (C=O) groups excluding carboxylic acids is 1. The molecule has 1 aromatic rings. The lowest BCUT2D eigenvalue weighted by atomic mass is 10.0. The van der Waals surface area contributed by atoms with Crippen LogP contribution in [0.15, 0.2) is 6.07 Å². The Kier molecular flexibility index (Phi) is 5.78. The van der Waals surface area contributed by atoms with E-state index in [4.69, 9.17) is 5.26 Å². The number of nitrogens with one attached hydrogen (secondary N) is 2. The summed E-state index contributed by atoms with van der Waals surface area (Å²) < 4.78 is 1.87. The van der Waals surface area contributed by atoms with E-state index >= 15 is 0 Å². The van der Waals surface area contributed by atoms with E-state index < -0.39 is 0 Å². The van der Waals surface area contributed by atoms with Gasteiger partial charge >= 0.3 is 0 Å². The van der Waals surface area contributed by atoms with Gasteiger partial charge in [0.1, 0.15) is 11.8 Å². The van der Waals surface area contributed by atoms with Crippen molar-refractivity contribution in [3.8, 4) is 6.07 Å². The van der Waals surface area contributed by atoms with Crippen LogP contribution in [-0.4, -0.2) is 23.6 Å². The number of carbonyl (C=O) groups is 1. The van der Waals surface area contributed by atoms with Crippen LogP contribution >= 0.6 is 0 Å². The van der Waals surface area contributed by atoms with Crippen LogP contribution in [0.5, 0.6) is 0 Å². The monoisotopic (exact) mass is 276 g/mol. The first kappa shape index (κ1) is 16.3. The SMILES string of the molecule is CNC(=O)C(CC(C)C)NCc1cc(C#N)n(C)c1C. The number of amides is 1. The van der Waals surface area contributed by atoms with E-state index in [1.54, 1.807) is 7.05 Å². The second kappa shape index (κ2) is 7.11.